The molecule has 1 unspecified atom stereocenters. The average molecular weight is 359 g/mol. The van der Waals surface area contributed by atoms with Gasteiger partial charge in [-0.1, -0.05) is 13.8 Å². The lowest BCUT2D eigenvalue weighted by Crippen LogP contribution is -2.25. The van der Waals surface area contributed by atoms with Crippen molar-refractivity contribution >= 4 is 39.3 Å². The van der Waals surface area contributed by atoms with Crippen molar-refractivity contribution in [1.29, 1.82) is 0 Å². The molecule has 2 rings (SSSR count). The summed E-state index contributed by atoms with van der Waals surface area (Å²) < 4.78 is 0.927. The summed E-state index contributed by atoms with van der Waals surface area (Å²) >= 11 is 5.27. The molecule has 1 aliphatic rings. The van der Waals surface area contributed by atoms with E-state index in [2.05, 4.69) is 40.0 Å². The number of thioether (sulfide) groups is 1. The molecule has 1 aliphatic heterocycles. The summed E-state index contributed by atoms with van der Waals surface area (Å²) in [7, 11) is 0. The molecule has 1 heterocycles. The van der Waals surface area contributed by atoms with Crippen molar-refractivity contribution in [2.75, 3.05) is 30.7 Å². The summed E-state index contributed by atoms with van der Waals surface area (Å²) in [5.74, 6) is 0.646. The molecule has 0 spiro atoms. The predicted octanol–water partition coefficient (Wildman–Crippen LogP) is 2.87. The molecule has 6 heteroatoms. The van der Waals surface area contributed by atoms with Crippen molar-refractivity contribution in [1.82, 2.24) is 4.90 Å². The highest BCUT2D eigenvalue weighted by Crippen LogP contribution is 2.38. The van der Waals surface area contributed by atoms with Crippen molar-refractivity contribution in [3.05, 3.63) is 22.2 Å². The number of aliphatic hydroxyl groups excluding tert-OH is 1. The maximum absolute atomic E-state index is 11.4. The van der Waals surface area contributed by atoms with E-state index >= 15 is 0 Å². The number of hydrogen-bond acceptors (Lipinski definition) is 4. The first-order valence-corrected chi connectivity index (χ1v) is 8.52. The summed E-state index contributed by atoms with van der Waals surface area (Å²) in [5.41, 5.74) is 1.37. The van der Waals surface area contributed by atoms with E-state index in [0.29, 0.717) is 5.56 Å². The number of carbonyl (C=O) groups is 1. The van der Waals surface area contributed by atoms with Crippen LogP contribution in [0.15, 0.2) is 21.5 Å². The number of rotatable bonds is 6. The van der Waals surface area contributed by atoms with Crippen LogP contribution in [0, 0.1) is 0 Å². The van der Waals surface area contributed by atoms with Gasteiger partial charge in [0.2, 0.25) is 0 Å². The highest BCUT2D eigenvalue weighted by molar-refractivity contribution is 9.10. The van der Waals surface area contributed by atoms with Crippen molar-refractivity contribution < 1.29 is 9.90 Å². The second kappa shape index (κ2) is 6.93. The van der Waals surface area contributed by atoms with Gasteiger partial charge in [-0.05, 0) is 41.2 Å². The van der Waals surface area contributed by atoms with E-state index in [-0.39, 0.29) is 5.91 Å². The summed E-state index contributed by atoms with van der Waals surface area (Å²) in [5, 5.41) is 12.4. The Labute approximate surface area is 132 Å². The molecule has 1 amide bonds. The first-order chi connectivity index (χ1) is 9.56. The Hall–Kier alpha value is -0.560. The molecule has 1 atom stereocenters. The van der Waals surface area contributed by atoms with Crippen molar-refractivity contribution in [3.8, 4) is 0 Å². The summed E-state index contributed by atoms with van der Waals surface area (Å²) in [6.07, 6.45) is -1.05. The Morgan fingerprint density at radius 2 is 2.10 bits per heavy atom. The summed E-state index contributed by atoms with van der Waals surface area (Å²) in [4.78, 5) is 14.9. The number of halogens is 1. The molecule has 0 fully saturated rings. The molecule has 110 valence electrons. The third-order valence-electron chi connectivity index (χ3n) is 3.46. The number of amides is 1. The number of nitrogens with one attached hydrogen (secondary N) is 1. The van der Waals surface area contributed by atoms with Crippen molar-refractivity contribution in [2.45, 2.75) is 24.8 Å². The number of benzene rings is 1. The quantitative estimate of drug-likeness (QED) is 0.767. The smallest absolute Gasteiger partial charge is 0.257 e. The van der Waals surface area contributed by atoms with Crippen LogP contribution >= 0.6 is 27.7 Å². The Balaban J connectivity index is 2.04. The highest BCUT2D eigenvalue weighted by atomic mass is 79.9. The second-order valence-corrected chi connectivity index (χ2v) is 6.63. The van der Waals surface area contributed by atoms with Crippen LogP contribution in [0.3, 0.4) is 0 Å². The van der Waals surface area contributed by atoms with Gasteiger partial charge in [0.05, 0.1) is 0 Å². The van der Waals surface area contributed by atoms with E-state index < -0.39 is 6.10 Å². The van der Waals surface area contributed by atoms with Gasteiger partial charge in [-0.3, -0.25) is 4.79 Å². The van der Waals surface area contributed by atoms with Gasteiger partial charge in [-0.15, -0.1) is 11.8 Å². The monoisotopic (exact) mass is 358 g/mol. The maximum Gasteiger partial charge on any atom is 0.257 e. The fraction of sp³-hybridized carbons (Fsp3) is 0.500. The highest BCUT2D eigenvalue weighted by Gasteiger charge is 2.29. The van der Waals surface area contributed by atoms with E-state index in [1.165, 1.54) is 0 Å². The van der Waals surface area contributed by atoms with Gasteiger partial charge in [0.25, 0.3) is 5.91 Å². The second-order valence-electron chi connectivity index (χ2n) is 4.64. The third-order valence-corrected chi connectivity index (χ3v) is 5.42. The van der Waals surface area contributed by atoms with Gasteiger partial charge >= 0.3 is 0 Å². The fourth-order valence-corrected chi connectivity index (χ4v) is 3.85. The molecule has 0 aliphatic carbocycles. The zero-order chi connectivity index (χ0) is 14.7. The lowest BCUT2D eigenvalue weighted by Gasteiger charge is -2.17. The predicted molar refractivity (Wildman–Crippen MR) is 86.2 cm³/mol. The standard InChI is InChI=1S/C14H19BrN2O2S/c1-3-17(4-2)5-6-20-12-8-11-9(7-10(12)15)13(18)14(19)16-11/h7-8,13,18H,3-6H2,1-2H3,(H,16,19). The molecule has 0 bridgehead atoms. The van der Waals surface area contributed by atoms with E-state index in [1.54, 1.807) is 11.8 Å². The maximum atomic E-state index is 11.4. The van der Waals surface area contributed by atoms with Crippen LogP contribution in [0.5, 0.6) is 0 Å². The minimum atomic E-state index is -1.05. The average Bonchev–Trinajstić information content (AvgIpc) is 2.70. The number of nitrogens with zero attached hydrogens (tertiary/aromatic N) is 1. The summed E-state index contributed by atoms with van der Waals surface area (Å²) in [6.45, 7) is 7.48. The van der Waals surface area contributed by atoms with Gasteiger partial charge < -0.3 is 15.3 Å². The van der Waals surface area contributed by atoms with Crippen LogP contribution in [-0.4, -0.2) is 41.3 Å². The van der Waals surface area contributed by atoms with Crippen molar-refractivity contribution in [2.24, 2.45) is 0 Å². The van der Waals surface area contributed by atoms with E-state index in [4.69, 9.17) is 0 Å². The first kappa shape index (κ1) is 15.8. The van der Waals surface area contributed by atoms with Crippen LogP contribution in [-0.2, 0) is 4.79 Å². The Morgan fingerprint density at radius 1 is 1.40 bits per heavy atom. The fourth-order valence-electron chi connectivity index (χ4n) is 2.18. The number of fused-ring (bicyclic) bond motifs is 1. The topological polar surface area (TPSA) is 52.6 Å². The molecular formula is C14H19BrN2O2S. The van der Waals surface area contributed by atoms with Crippen LogP contribution < -0.4 is 5.32 Å². The summed E-state index contributed by atoms with van der Waals surface area (Å²) in [6, 6.07) is 3.76. The number of aliphatic hydroxyl groups is 1. The molecule has 0 saturated carbocycles. The lowest BCUT2D eigenvalue weighted by molar-refractivity contribution is -0.123. The molecule has 20 heavy (non-hydrogen) atoms. The van der Waals surface area contributed by atoms with Crippen LogP contribution in [0.25, 0.3) is 0 Å². The number of hydrogen-bond donors (Lipinski definition) is 2. The first-order valence-electron chi connectivity index (χ1n) is 6.74. The van der Waals surface area contributed by atoms with E-state index in [1.807, 2.05) is 12.1 Å². The van der Waals surface area contributed by atoms with Crippen LogP contribution in [0.1, 0.15) is 25.5 Å². The molecule has 0 saturated heterocycles. The molecule has 0 aromatic heterocycles. The van der Waals surface area contributed by atoms with Gasteiger partial charge in [0.15, 0.2) is 6.10 Å². The number of carbonyl (C=O) groups excluding carboxylic acids is 1. The van der Waals surface area contributed by atoms with Gasteiger partial charge in [-0.25, -0.2) is 0 Å². The molecule has 0 radical (unpaired) electrons. The Morgan fingerprint density at radius 3 is 2.75 bits per heavy atom. The van der Waals surface area contributed by atoms with E-state index in [0.717, 1.165) is 40.4 Å². The zero-order valence-electron chi connectivity index (χ0n) is 11.6. The normalized spacial score (nSPS) is 17.4. The molecular weight excluding hydrogens is 340 g/mol. The van der Waals surface area contributed by atoms with Gasteiger partial charge in [-0.2, -0.15) is 0 Å². The third kappa shape index (κ3) is 3.36. The van der Waals surface area contributed by atoms with Crippen molar-refractivity contribution in [3.63, 3.8) is 0 Å². The Kier molecular flexibility index (Phi) is 5.49. The lowest BCUT2D eigenvalue weighted by atomic mass is 10.1. The van der Waals surface area contributed by atoms with Gasteiger partial charge in [0, 0.05) is 32.9 Å². The molecule has 4 nitrogen and oxygen atoms in total. The molecule has 1 aromatic carbocycles. The minimum absolute atomic E-state index is 0.350. The zero-order valence-corrected chi connectivity index (χ0v) is 14.1. The molecule has 2 N–H and O–H groups in total. The number of anilines is 1. The van der Waals surface area contributed by atoms with E-state index in [9.17, 15) is 9.90 Å². The van der Waals surface area contributed by atoms with Crippen LogP contribution in [0.4, 0.5) is 5.69 Å². The van der Waals surface area contributed by atoms with Gasteiger partial charge in [0.1, 0.15) is 0 Å². The Bertz CT molecular complexity index is 506. The minimum Gasteiger partial charge on any atom is -0.378 e. The largest absolute Gasteiger partial charge is 0.378 e. The molecule has 1 aromatic rings. The van der Waals surface area contributed by atoms with Crippen LogP contribution in [0.2, 0.25) is 0 Å². The SMILES string of the molecule is CCN(CC)CCSc1cc2c(cc1Br)C(O)C(=O)N2.